The summed E-state index contributed by atoms with van der Waals surface area (Å²) in [5.41, 5.74) is 0. The highest BCUT2D eigenvalue weighted by Gasteiger charge is 2.23. The van der Waals surface area contributed by atoms with Crippen LogP contribution in [0.5, 0.6) is 0 Å². The Labute approximate surface area is 106 Å². The van der Waals surface area contributed by atoms with E-state index in [1.807, 2.05) is 4.90 Å². The Morgan fingerprint density at radius 2 is 2.22 bits per heavy atom. The fourth-order valence-electron chi connectivity index (χ4n) is 2.32. The number of piperidine rings is 1. The highest BCUT2D eigenvalue weighted by molar-refractivity contribution is 5.90. The molecule has 1 fully saturated rings. The van der Waals surface area contributed by atoms with Gasteiger partial charge in [0.2, 0.25) is 0 Å². The largest absolute Gasteiger partial charge is 0.336 e. The van der Waals surface area contributed by atoms with Gasteiger partial charge in [-0.2, -0.15) is 5.21 Å². The third kappa shape index (κ3) is 3.25. The molecule has 2 heterocycles. The molecule has 1 amide bonds. The predicted octanol–water partition coefficient (Wildman–Crippen LogP) is 0.0515. The first-order valence-electron chi connectivity index (χ1n) is 6.54. The van der Waals surface area contributed by atoms with E-state index in [2.05, 4.69) is 32.9 Å². The summed E-state index contributed by atoms with van der Waals surface area (Å²) in [5, 5.41) is 16.6. The molecule has 1 aliphatic rings. The van der Waals surface area contributed by atoms with Gasteiger partial charge in [-0.15, -0.1) is 10.2 Å². The Kier molecular flexibility index (Phi) is 4.63. The van der Waals surface area contributed by atoms with Gasteiger partial charge in [-0.05, 0) is 43.5 Å². The molecule has 18 heavy (non-hydrogen) atoms. The number of carbonyl (C=O) groups excluding carboxylic acids is 1. The molecule has 0 aromatic carbocycles. The number of rotatable bonds is 5. The molecule has 1 aromatic rings. The fourth-order valence-corrected chi connectivity index (χ4v) is 2.32. The minimum atomic E-state index is -0.121. The Morgan fingerprint density at radius 3 is 2.83 bits per heavy atom. The van der Waals surface area contributed by atoms with Gasteiger partial charge in [0, 0.05) is 13.1 Å². The molecule has 0 bridgehead atoms. The van der Waals surface area contributed by atoms with Crippen molar-refractivity contribution in [3.63, 3.8) is 0 Å². The summed E-state index contributed by atoms with van der Waals surface area (Å²) in [5.74, 6) is 0.621. The third-order valence-corrected chi connectivity index (χ3v) is 3.25. The van der Waals surface area contributed by atoms with E-state index in [-0.39, 0.29) is 11.7 Å². The van der Waals surface area contributed by atoms with Gasteiger partial charge >= 0.3 is 0 Å². The van der Waals surface area contributed by atoms with Crippen molar-refractivity contribution in [3.05, 3.63) is 5.82 Å². The maximum Gasteiger partial charge on any atom is 0.295 e. The first-order valence-corrected chi connectivity index (χ1v) is 6.54. The molecule has 2 N–H and O–H groups in total. The summed E-state index contributed by atoms with van der Waals surface area (Å²) in [6.45, 7) is 5.70. The number of nitrogens with one attached hydrogen (secondary N) is 2. The van der Waals surface area contributed by atoms with Gasteiger partial charge in [0.25, 0.3) is 11.7 Å². The molecule has 2 rings (SSSR count). The van der Waals surface area contributed by atoms with Crippen LogP contribution in [0, 0.1) is 5.92 Å². The van der Waals surface area contributed by atoms with Gasteiger partial charge in [0.05, 0.1) is 0 Å². The third-order valence-electron chi connectivity index (χ3n) is 3.25. The second-order valence-electron chi connectivity index (χ2n) is 4.68. The maximum absolute atomic E-state index is 12.2. The summed E-state index contributed by atoms with van der Waals surface area (Å²) in [7, 11) is 0. The van der Waals surface area contributed by atoms with E-state index in [4.69, 9.17) is 0 Å². The molecule has 0 atom stereocenters. The van der Waals surface area contributed by atoms with Crippen LogP contribution in [0.2, 0.25) is 0 Å². The zero-order chi connectivity index (χ0) is 12.8. The monoisotopic (exact) mass is 252 g/mol. The smallest absolute Gasteiger partial charge is 0.295 e. The standard InChI is InChI=1S/C11H20N6O/c1-2-7-17(8-9-3-5-12-6-4-9)11(18)10-13-15-16-14-10/h9,12H,2-8H2,1H3,(H,13,14,15,16). The Morgan fingerprint density at radius 1 is 1.44 bits per heavy atom. The zero-order valence-corrected chi connectivity index (χ0v) is 10.7. The summed E-state index contributed by atoms with van der Waals surface area (Å²) >= 11 is 0. The number of H-pyrrole nitrogens is 1. The lowest BCUT2D eigenvalue weighted by Crippen LogP contribution is -2.40. The van der Waals surface area contributed by atoms with Crippen molar-refractivity contribution in [2.45, 2.75) is 26.2 Å². The number of nitrogens with zero attached hydrogens (tertiary/aromatic N) is 4. The molecule has 1 saturated heterocycles. The second-order valence-corrected chi connectivity index (χ2v) is 4.68. The van der Waals surface area contributed by atoms with Crippen molar-refractivity contribution in [2.24, 2.45) is 5.92 Å². The average molecular weight is 252 g/mol. The second kappa shape index (κ2) is 6.44. The first kappa shape index (κ1) is 12.9. The van der Waals surface area contributed by atoms with E-state index in [1.165, 1.54) is 0 Å². The lowest BCUT2D eigenvalue weighted by atomic mass is 9.97. The lowest BCUT2D eigenvalue weighted by molar-refractivity contribution is 0.0704. The van der Waals surface area contributed by atoms with Crippen LogP contribution in [0.4, 0.5) is 0 Å². The average Bonchev–Trinajstić information content (AvgIpc) is 2.92. The summed E-state index contributed by atoms with van der Waals surface area (Å²) in [4.78, 5) is 14.0. The lowest BCUT2D eigenvalue weighted by Gasteiger charge is -2.29. The zero-order valence-electron chi connectivity index (χ0n) is 10.7. The van der Waals surface area contributed by atoms with E-state index in [0.29, 0.717) is 5.92 Å². The van der Waals surface area contributed by atoms with E-state index in [1.54, 1.807) is 0 Å². The fraction of sp³-hybridized carbons (Fsp3) is 0.818. The quantitative estimate of drug-likeness (QED) is 0.773. The molecule has 1 aliphatic heterocycles. The van der Waals surface area contributed by atoms with Crippen molar-refractivity contribution in [1.29, 1.82) is 0 Å². The predicted molar refractivity (Wildman–Crippen MR) is 66.0 cm³/mol. The van der Waals surface area contributed by atoms with Crippen LogP contribution in [0.1, 0.15) is 36.8 Å². The molecule has 7 heteroatoms. The summed E-state index contributed by atoms with van der Waals surface area (Å²) < 4.78 is 0. The van der Waals surface area contributed by atoms with Gasteiger partial charge in [-0.25, -0.2) is 0 Å². The maximum atomic E-state index is 12.2. The van der Waals surface area contributed by atoms with Crippen molar-refractivity contribution < 1.29 is 4.79 Å². The van der Waals surface area contributed by atoms with Gasteiger partial charge < -0.3 is 10.2 Å². The number of aromatic amines is 1. The topological polar surface area (TPSA) is 86.8 Å². The Bertz CT molecular complexity index is 360. The van der Waals surface area contributed by atoms with Crippen LogP contribution in [-0.2, 0) is 0 Å². The summed E-state index contributed by atoms with van der Waals surface area (Å²) in [6.07, 6.45) is 3.19. The van der Waals surface area contributed by atoms with Crippen LogP contribution in [0.25, 0.3) is 0 Å². The van der Waals surface area contributed by atoms with E-state index >= 15 is 0 Å². The molecule has 100 valence electrons. The number of amides is 1. The van der Waals surface area contributed by atoms with Crippen molar-refractivity contribution in [2.75, 3.05) is 26.2 Å². The minimum absolute atomic E-state index is 0.121. The molecule has 0 radical (unpaired) electrons. The molecule has 0 saturated carbocycles. The van der Waals surface area contributed by atoms with Crippen LogP contribution in [-0.4, -0.2) is 57.6 Å². The number of tetrazole rings is 1. The van der Waals surface area contributed by atoms with Crippen molar-refractivity contribution >= 4 is 5.91 Å². The van der Waals surface area contributed by atoms with Gasteiger partial charge in [-0.1, -0.05) is 6.92 Å². The van der Waals surface area contributed by atoms with E-state index in [0.717, 1.165) is 45.4 Å². The molecule has 0 spiro atoms. The number of hydrogen-bond acceptors (Lipinski definition) is 5. The van der Waals surface area contributed by atoms with E-state index < -0.39 is 0 Å². The summed E-state index contributed by atoms with van der Waals surface area (Å²) in [6, 6.07) is 0. The van der Waals surface area contributed by atoms with Gasteiger partial charge in [0.15, 0.2) is 0 Å². The molecule has 7 nitrogen and oxygen atoms in total. The normalized spacial score (nSPS) is 16.7. The molecule has 0 unspecified atom stereocenters. The molecular weight excluding hydrogens is 232 g/mol. The Balaban J connectivity index is 1.96. The highest BCUT2D eigenvalue weighted by Crippen LogP contribution is 2.14. The van der Waals surface area contributed by atoms with Gasteiger partial charge in [-0.3, -0.25) is 4.79 Å². The van der Waals surface area contributed by atoms with E-state index in [9.17, 15) is 4.79 Å². The Hall–Kier alpha value is -1.50. The van der Waals surface area contributed by atoms with Crippen LogP contribution in [0.3, 0.4) is 0 Å². The number of carbonyl (C=O) groups is 1. The molecule has 0 aliphatic carbocycles. The first-order chi connectivity index (χ1) is 8.81. The van der Waals surface area contributed by atoms with Crippen LogP contribution >= 0.6 is 0 Å². The molecule has 1 aromatic heterocycles. The molecular formula is C11H20N6O. The highest BCUT2D eigenvalue weighted by atomic mass is 16.2. The van der Waals surface area contributed by atoms with Gasteiger partial charge in [0.1, 0.15) is 0 Å². The van der Waals surface area contributed by atoms with Crippen molar-refractivity contribution in [1.82, 2.24) is 30.8 Å². The SMILES string of the molecule is CCCN(CC1CCNCC1)C(=O)c1nn[nH]n1. The van der Waals surface area contributed by atoms with Crippen LogP contribution < -0.4 is 5.32 Å². The number of aromatic nitrogens is 4. The number of hydrogen-bond donors (Lipinski definition) is 2. The minimum Gasteiger partial charge on any atom is -0.336 e. The van der Waals surface area contributed by atoms with Crippen molar-refractivity contribution in [3.8, 4) is 0 Å². The van der Waals surface area contributed by atoms with Crippen LogP contribution in [0.15, 0.2) is 0 Å².